The summed E-state index contributed by atoms with van der Waals surface area (Å²) in [5, 5.41) is 49.6. The van der Waals surface area contributed by atoms with Gasteiger partial charge in [-0.2, -0.15) is 0 Å². The molecule has 0 aliphatic heterocycles. The Morgan fingerprint density at radius 3 is 1.77 bits per heavy atom. The molecule has 0 bridgehead atoms. The molecule has 0 heterocycles. The summed E-state index contributed by atoms with van der Waals surface area (Å²) in [4.78, 5) is 25.5. The number of hydrogen-bond donors (Lipinski definition) is 5. The number of Topliss-reactive ketones (excluding diaryl/α,β-unsaturated/α-hetero) is 2. The fourth-order valence-corrected chi connectivity index (χ4v) is 2.99. The average Bonchev–Trinajstić information content (AvgIpc) is 2.71. The van der Waals surface area contributed by atoms with Crippen LogP contribution in [0, 0.1) is 0 Å². The van der Waals surface area contributed by atoms with Gasteiger partial charge in [0.25, 0.3) is 0 Å². The van der Waals surface area contributed by atoms with E-state index in [-0.39, 0.29) is 11.1 Å². The molecule has 0 amide bonds. The molecule has 0 unspecified atom stereocenters. The highest BCUT2D eigenvalue weighted by atomic mass is 16.5. The minimum Gasteiger partial charge on any atom is -0.504 e. The third kappa shape index (κ3) is 4.09. The van der Waals surface area contributed by atoms with Crippen LogP contribution in [0.25, 0.3) is 11.1 Å². The molecule has 1 aliphatic carbocycles. The maximum Gasteiger partial charge on any atom is 0.232 e. The maximum atomic E-state index is 12.7. The van der Waals surface area contributed by atoms with Gasteiger partial charge >= 0.3 is 0 Å². The first-order chi connectivity index (χ1) is 14.6. The second-order valence-electron chi connectivity index (χ2n) is 7.09. The minimum absolute atomic E-state index is 0.187. The van der Waals surface area contributed by atoms with Crippen molar-refractivity contribution in [2.75, 3.05) is 6.61 Å². The normalized spacial score (nSPS) is 14.1. The molecule has 0 atom stereocenters. The van der Waals surface area contributed by atoms with E-state index in [1.165, 1.54) is 12.1 Å². The molecule has 2 aromatic carbocycles. The number of carbonyl (C=O) groups is 2. The van der Waals surface area contributed by atoms with Gasteiger partial charge in [0, 0.05) is 0 Å². The van der Waals surface area contributed by atoms with E-state index in [0.29, 0.717) is 12.4 Å². The van der Waals surface area contributed by atoms with Crippen LogP contribution < -0.4 is 4.74 Å². The van der Waals surface area contributed by atoms with E-state index in [1.54, 1.807) is 12.1 Å². The number of benzene rings is 2. The molecule has 8 nitrogen and oxygen atoms in total. The number of phenolic OH excluding ortho intramolecular Hbond substituents is 3. The van der Waals surface area contributed by atoms with Gasteiger partial charge in [-0.25, -0.2) is 0 Å². The maximum absolute atomic E-state index is 12.7. The molecule has 3 rings (SSSR count). The number of carbonyl (C=O) groups excluding carboxylic acids is 2. The Morgan fingerprint density at radius 2 is 1.29 bits per heavy atom. The van der Waals surface area contributed by atoms with Crippen LogP contribution in [0.1, 0.15) is 25.0 Å². The Morgan fingerprint density at radius 1 is 0.806 bits per heavy atom. The average molecular weight is 424 g/mol. The summed E-state index contributed by atoms with van der Waals surface area (Å²) >= 11 is 0. The van der Waals surface area contributed by atoms with E-state index in [1.807, 2.05) is 19.9 Å². The number of aliphatic hydroxyl groups is 2. The molecule has 0 radical (unpaired) electrons. The molecule has 0 fully saturated rings. The van der Waals surface area contributed by atoms with Gasteiger partial charge in [-0.3, -0.25) is 9.59 Å². The van der Waals surface area contributed by atoms with Crippen LogP contribution in [-0.2, 0) is 9.59 Å². The fourth-order valence-electron chi connectivity index (χ4n) is 2.99. The van der Waals surface area contributed by atoms with Crippen LogP contribution in [0.2, 0.25) is 0 Å². The zero-order valence-electron chi connectivity index (χ0n) is 16.7. The second kappa shape index (κ2) is 8.27. The quantitative estimate of drug-likeness (QED) is 0.278. The number of ether oxygens (including phenoxy) is 1. The number of allylic oxidation sites excluding steroid dienone is 3. The van der Waals surface area contributed by atoms with Crippen molar-refractivity contribution in [1.29, 1.82) is 0 Å². The Bertz CT molecular complexity index is 1140. The van der Waals surface area contributed by atoms with Gasteiger partial charge in [0.15, 0.2) is 28.8 Å². The van der Waals surface area contributed by atoms with Crippen LogP contribution >= 0.6 is 0 Å². The smallest absolute Gasteiger partial charge is 0.232 e. The summed E-state index contributed by atoms with van der Waals surface area (Å²) in [6.45, 7) is 4.22. The van der Waals surface area contributed by atoms with Gasteiger partial charge in [-0.1, -0.05) is 17.7 Å². The number of rotatable bonds is 5. The van der Waals surface area contributed by atoms with Gasteiger partial charge in [0.1, 0.15) is 12.4 Å². The van der Waals surface area contributed by atoms with Gasteiger partial charge in [-0.05, 0) is 55.3 Å². The lowest BCUT2D eigenvalue weighted by Gasteiger charge is -2.19. The Hall–Kier alpha value is -4.20. The molecule has 160 valence electrons. The van der Waals surface area contributed by atoms with Gasteiger partial charge in [0.05, 0.1) is 11.1 Å². The fraction of sp³-hybridized carbons (Fsp3) is 0.130. The van der Waals surface area contributed by atoms with Gasteiger partial charge < -0.3 is 30.3 Å². The zero-order chi connectivity index (χ0) is 22.9. The van der Waals surface area contributed by atoms with E-state index in [2.05, 4.69) is 0 Å². The van der Waals surface area contributed by atoms with Crippen LogP contribution in [0.4, 0.5) is 0 Å². The van der Waals surface area contributed by atoms with Gasteiger partial charge in [-0.15, -0.1) is 0 Å². The number of aromatic hydroxyl groups is 3. The van der Waals surface area contributed by atoms with Crippen molar-refractivity contribution in [2.45, 2.75) is 13.8 Å². The number of aliphatic hydroxyl groups excluding tert-OH is 2. The first-order valence-corrected chi connectivity index (χ1v) is 9.19. The van der Waals surface area contributed by atoms with E-state index in [0.717, 1.165) is 17.7 Å². The molecule has 0 saturated heterocycles. The molecular weight excluding hydrogens is 404 g/mol. The molecule has 31 heavy (non-hydrogen) atoms. The summed E-state index contributed by atoms with van der Waals surface area (Å²) in [6, 6.07) is 7.79. The van der Waals surface area contributed by atoms with Crippen LogP contribution in [0.15, 0.2) is 59.6 Å². The number of phenols is 3. The van der Waals surface area contributed by atoms with Crippen molar-refractivity contribution >= 4 is 22.7 Å². The predicted molar refractivity (Wildman–Crippen MR) is 112 cm³/mol. The van der Waals surface area contributed by atoms with Crippen molar-refractivity contribution in [2.24, 2.45) is 0 Å². The summed E-state index contributed by atoms with van der Waals surface area (Å²) in [6.07, 6.45) is 1.88. The highest BCUT2D eigenvalue weighted by Crippen LogP contribution is 2.41. The Balaban J connectivity index is 1.96. The standard InChI is InChI=1S/C23H20O8/c1-11(2)7-8-31-14-5-3-12(4-6-14)17-20(27)22(29)18(23(30)21(17)28)13-9-15(24)19(26)16(25)10-13/h3-7,9-10,24-27,30H,8H2,1-2H3. The van der Waals surface area contributed by atoms with Crippen molar-refractivity contribution < 1.29 is 39.9 Å². The molecular formula is C23H20O8. The lowest BCUT2D eigenvalue weighted by atomic mass is 9.86. The van der Waals surface area contributed by atoms with Crippen LogP contribution in [0.5, 0.6) is 23.0 Å². The summed E-state index contributed by atoms with van der Waals surface area (Å²) in [5.74, 6) is -5.83. The molecule has 5 N–H and O–H groups in total. The third-order valence-corrected chi connectivity index (χ3v) is 4.60. The van der Waals surface area contributed by atoms with Crippen molar-refractivity contribution in [3.63, 3.8) is 0 Å². The first-order valence-electron chi connectivity index (χ1n) is 9.19. The topological polar surface area (TPSA) is 145 Å². The van der Waals surface area contributed by atoms with Crippen LogP contribution in [0.3, 0.4) is 0 Å². The molecule has 0 spiro atoms. The summed E-state index contributed by atoms with van der Waals surface area (Å²) in [7, 11) is 0. The van der Waals surface area contributed by atoms with Crippen molar-refractivity contribution in [1.82, 2.24) is 0 Å². The van der Waals surface area contributed by atoms with E-state index in [9.17, 15) is 35.1 Å². The summed E-state index contributed by atoms with van der Waals surface area (Å²) < 4.78 is 5.53. The SMILES string of the molecule is CC(C)=CCOc1ccc(C2=C(O)C(=O)C(c3cc(O)c(O)c(O)c3)=C(O)C2=O)cc1. The number of hydrogen-bond acceptors (Lipinski definition) is 8. The molecule has 2 aromatic rings. The third-order valence-electron chi connectivity index (χ3n) is 4.60. The Labute approximate surface area is 177 Å². The first kappa shape index (κ1) is 21.5. The molecule has 0 aromatic heterocycles. The van der Waals surface area contributed by atoms with Crippen molar-refractivity contribution in [3.05, 3.63) is 70.7 Å². The van der Waals surface area contributed by atoms with E-state index in [4.69, 9.17) is 4.74 Å². The predicted octanol–water partition coefficient (Wildman–Crippen LogP) is 3.54. The number of ketones is 2. The van der Waals surface area contributed by atoms with E-state index < -0.39 is 51.5 Å². The lowest BCUT2D eigenvalue weighted by molar-refractivity contribution is -0.116. The second-order valence-corrected chi connectivity index (χ2v) is 7.09. The highest BCUT2D eigenvalue weighted by Gasteiger charge is 2.36. The molecule has 8 heteroatoms. The van der Waals surface area contributed by atoms with E-state index >= 15 is 0 Å². The summed E-state index contributed by atoms with van der Waals surface area (Å²) in [5.41, 5.74) is 0.0175. The molecule has 0 saturated carbocycles. The highest BCUT2D eigenvalue weighted by molar-refractivity contribution is 6.46. The van der Waals surface area contributed by atoms with Crippen molar-refractivity contribution in [3.8, 4) is 23.0 Å². The largest absolute Gasteiger partial charge is 0.504 e. The zero-order valence-corrected chi connectivity index (χ0v) is 16.7. The molecule has 1 aliphatic rings. The lowest BCUT2D eigenvalue weighted by Crippen LogP contribution is -2.22. The van der Waals surface area contributed by atoms with Gasteiger partial charge in [0.2, 0.25) is 11.6 Å². The monoisotopic (exact) mass is 424 g/mol. The Kier molecular flexibility index (Phi) is 5.74. The minimum atomic E-state index is -1.08. The van der Waals surface area contributed by atoms with Crippen LogP contribution in [-0.4, -0.2) is 43.7 Å².